The molecular weight excluding hydrogens is 201 g/mol. The summed E-state index contributed by atoms with van der Waals surface area (Å²) in [6.07, 6.45) is 4.66. The van der Waals surface area contributed by atoms with E-state index in [9.17, 15) is 4.39 Å². The van der Waals surface area contributed by atoms with Gasteiger partial charge in [0, 0.05) is 11.7 Å². The summed E-state index contributed by atoms with van der Waals surface area (Å²) >= 11 is 0. The van der Waals surface area contributed by atoms with E-state index in [1.807, 2.05) is 12.1 Å². The Kier molecular flexibility index (Phi) is 5.30. The molecule has 0 saturated carbocycles. The molecule has 1 aromatic carbocycles. The molecular formula is C14H22FN. The summed E-state index contributed by atoms with van der Waals surface area (Å²) in [7, 11) is 0. The number of nitrogens with one attached hydrogen (secondary N) is 1. The molecule has 0 spiro atoms. The third-order valence-electron chi connectivity index (χ3n) is 2.94. The number of hydrogen-bond donors (Lipinski definition) is 1. The van der Waals surface area contributed by atoms with Gasteiger partial charge in [0.15, 0.2) is 0 Å². The van der Waals surface area contributed by atoms with E-state index in [2.05, 4.69) is 19.2 Å². The maximum atomic E-state index is 13.3. The number of unbranched alkanes of at least 4 members (excludes halogenated alkanes) is 1. The summed E-state index contributed by atoms with van der Waals surface area (Å²) in [4.78, 5) is 0. The molecule has 0 radical (unpaired) electrons. The first-order chi connectivity index (χ1) is 7.67. The highest BCUT2D eigenvalue weighted by Gasteiger charge is 2.06. The van der Waals surface area contributed by atoms with Crippen molar-refractivity contribution in [2.24, 2.45) is 0 Å². The molecule has 0 fully saturated rings. The fourth-order valence-corrected chi connectivity index (χ4v) is 1.75. The van der Waals surface area contributed by atoms with E-state index in [0.717, 1.165) is 18.5 Å². The van der Waals surface area contributed by atoms with Gasteiger partial charge in [0.25, 0.3) is 0 Å². The van der Waals surface area contributed by atoms with Crippen LogP contribution in [0.3, 0.4) is 0 Å². The lowest BCUT2D eigenvalue weighted by Crippen LogP contribution is -2.18. The Morgan fingerprint density at radius 3 is 2.62 bits per heavy atom. The molecule has 0 aliphatic heterocycles. The van der Waals surface area contributed by atoms with Gasteiger partial charge in [-0.25, -0.2) is 4.39 Å². The minimum absolute atomic E-state index is 0.129. The Morgan fingerprint density at radius 2 is 2.06 bits per heavy atom. The SMILES string of the molecule is CCCCC(CC)Nc1ccc(C)c(F)c1. The highest BCUT2D eigenvalue weighted by molar-refractivity contribution is 5.45. The number of rotatable bonds is 6. The second-order valence-electron chi connectivity index (χ2n) is 4.36. The lowest BCUT2D eigenvalue weighted by molar-refractivity contribution is 0.590. The molecule has 0 aromatic heterocycles. The van der Waals surface area contributed by atoms with Crippen LogP contribution in [0.15, 0.2) is 18.2 Å². The van der Waals surface area contributed by atoms with E-state index < -0.39 is 0 Å². The van der Waals surface area contributed by atoms with Crippen molar-refractivity contribution in [1.29, 1.82) is 0 Å². The highest BCUT2D eigenvalue weighted by Crippen LogP contribution is 2.17. The molecule has 0 aliphatic carbocycles. The van der Waals surface area contributed by atoms with Crippen LogP contribution in [0.1, 0.15) is 45.1 Å². The zero-order valence-corrected chi connectivity index (χ0v) is 10.5. The molecule has 1 rings (SSSR count). The second kappa shape index (κ2) is 6.51. The summed E-state index contributed by atoms with van der Waals surface area (Å²) in [5, 5.41) is 3.39. The molecule has 2 heteroatoms. The van der Waals surface area contributed by atoms with E-state index in [0.29, 0.717) is 11.6 Å². The summed E-state index contributed by atoms with van der Waals surface area (Å²) in [5.41, 5.74) is 1.60. The van der Waals surface area contributed by atoms with E-state index in [-0.39, 0.29) is 5.82 Å². The average Bonchev–Trinajstić information content (AvgIpc) is 2.29. The van der Waals surface area contributed by atoms with Crippen molar-refractivity contribution in [3.8, 4) is 0 Å². The van der Waals surface area contributed by atoms with Crippen LogP contribution in [0.2, 0.25) is 0 Å². The fourth-order valence-electron chi connectivity index (χ4n) is 1.75. The molecule has 0 saturated heterocycles. The Balaban J connectivity index is 2.59. The number of anilines is 1. The number of hydrogen-bond acceptors (Lipinski definition) is 1. The van der Waals surface area contributed by atoms with Crippen LogP contribution in [-0.2, 0) is 0 Å². The Morgan fingerprint density at radius 1 is 1.31 bits per heavy atom. The summed E-state index contributed by atoms with van der Waals surface area (Å²) in [6, 6.07) is 5.82. The molecule has 0 amide bonds. The lowest BCUT2D eigenvalue weighted by atomic mass is 10.1. The second-order valence-corrected chi connectivity index (χ2v) is 4.36. The van der Waals surface area contributed by atoms with Crippen LogP contribution in [0.4, 0.5) is 10.1 Å². The van der Waals surface area contributed by atoms with E-state index in [1.54, 1.807) is 13.0 Å². The summed E-state index contributed by atoms with van der Waals surface area (Å²) in [5.74, 6) is -0.129. The van der Waals surface area contributed by atoms with Gasteiger partial charge in [0.2, 0.25) is 0 Å². The maximum absolute atomic E-state index is 13.3. The quantitative estimate of drug-likeness (QED) is 0.748. The molecule has 0 aliphatic rings. The van der Waals surface area contributed by atoms with Crippen molar-refractivity contribution < 1.29 is 4.39 Å². The zero-order valence-electron chi connectivity index (χ0n) is 10.5. The average molecular weight is 223 g/mol. The van der Waals surface area contributed by atoms with E-state index >= 15 is 0 Å². The smallest absolute Gasteiger partial charge is 0.128 e. The van der Waals surface area contributed by atoms with Crippen molar-refractivity contribution in [2.45, 2.75) is 52.5 Å². The standard InChI is InChI=1S/C14H22FN/c1-4-6-7-12(5-2)16-13-9-8-11(3)14(15)10-13/h8-10,12,16H,4-7H2,1-3H3. The predicted molar refractivity (Wildman–Crippen MR) is 68.4 cm³/mol. The minimum atomic E-state index is -0.129. The van der Waals surface area contributed by atoms with Crippen LogP contribution in [0, 0.1) is 12.7 Å². The van der Waals surface area contributed by atoms with Gasteiger partial charge in [-0.05, 0) is 37.5 Å². The van der Waals surface area contributed by atoms with Gasteiger partial charge in [-0.2, -0.15) is 0 Å². The molecule has 1 N–H and O–H groups in total. The van der Waals surface area contributed by atoms with Crippen molar-refractivity contribution in [2.75, 3.05) is 5.32 Å². The zero-order chi connectivity index (χ0) is 12.0. The van der Waals surface area contributed by atoms with Crippen LogP contribution < -0.4 is 5.32 Å². The first kappa shape index (κ1) is 13.0. The molecule has 1 unspecified atom stereocenters. The van der Waals surface area contributed by atoms with Gasteiger partial charge in [0.1, 0.15) is 5.82 Å². The molecule has 1 atom stereocenters. The Labute approximate surface area is 98.1 Å². The normalized spacial score (nSPS) is 12.5. The number of aryl methyl sites for hydroxylation is 1. The largest absolute Gasteiger partial charge is 0.382 e. The third kappa shape index (κ3) is 3.84. The van der Waals surface area contributed by atoms with Crippen molar-refractivity contribution in [3.63, 3.8) is 0 Å². The van der Waals surface area contributed by atoms with Crippen molar-refractivity contribution >= 4 is 5.69 Å². The van der Waals surface area contributed by atoms with Crippen LogP contribution in [0.5, 0.6) is 0 Å². The van der Waals surface area contributed by atoms with Crippen molar-refractivity contribution in [1.82, 2.24) is 0 Å². The van der Waals surface area contributed by atoms with Gasteiger partial charge in [-0.15, -0.1) is 0 Å². The molecule has 0 bridgehead atoms. The molecule has 90 valence electrons. The monoisotopic (exact) mass is 223 g/mol. The van der Waals surface area contributed by atoms with Crippen molar-refractivity contribution in [3.05, 3.63) is 29.6 Å². The maximum Gasteiger partial charge on any atom is 0.128 e. The van der Waals surface area contributed by atoms with Gasteiger partial charge >= 0.3 is 0 Å². The minimum Gasteiger partial charge on any atom is -0.382 e. The molecule has 0 heterocycles. The number of halogens is 1. The van der Waals surface area contributed by atoms with E-state index in [4.69, 9.17) is 0 Å². The predicted octanol–water partition coefficient (Wildman–Crippen LogP) is 4.51. The van der Waals surface area contributed by atoms with Crippen LogP contribution in [-0.4, -0.2) is 6.04 Å². The molecule has 1 nitrogen and oxygen atoms in total. The third-order valence-corrected chi connectivity index (χ3v) is 2.94. The summed E-state index contributed by atoms with van der Waals surface area (Å²) in [6.45, 7) is 6.14. The highest BCUT2D eigenvalue weighted by atomic mass is 19.1. The lowest BCUT2D eigenvalue weighted by Gasteiger charge is -2.18. The number of benzene rings is 1. The first-order valence-electron chi connectivity index (χ1n) is 6.20. The van der Waals surface area contributed by atoms with Crippen LogP contribution >= 0.6 is 0 Å². The van der Waals surface area contributed by atoms with Gasteiger partial charge < -0.3 is 5.32 Å². The topological polar surface area (TPSA) is 12.0 Å². The first-order valence-corrected chi connectivity index (χ1v) is 6.20. The molecule has 1 aromatic rings. The fraction of sp³-hybridized carbons (Fsp3) is 0.571. The van der Waals surface area contributed by atoms with Gasteiger partial charge in [0.05, 0.1) is 0 Å². The summed E-state index contributed by atoms with van der Waals surface area (Å²) < 4.78 is 13.3. The Hall–Kier alpha value is -1.05. The van der Waals surface area contributed by atoms with Gasteiger partial charge in [-0.1, -0.05) is 32.8 Å². The Bertz CT molecular complexity index is 323. The van der Waals surface area contributed by atoms with Crippen LogP contribution in [0.25, 0.3) is 0 Å². The van der Waals surface area contributed by atoms with E-state index in [1.165, 1.54) is 12.8 Å². The molecule has 16 heavy (non-hydrogen) atoms. The van der Waals surface area contributed by atoms with Gasteiger partial charge in [-0.3, -0.25) is 0 Å².